The van der Waals surface area contributed by atoms with Crippen molar-refractivity contribution in [2.75, 3.05) is 19.5 Å². The summed E-state index contributed by atoms with van der Waals surface area (Å²) in [5.41, 5.74) is 3.63. The smallest absolute Gasteiger partial charge is 0.335 e. The third kappa shape index (κ3) is 2.60. The number of carboxylic acids is 1. The zero-order valence-corrected chi connectivity index (χ0v) is 14.7. The molecule has 134 valence electrons. The van der Waals surface area contributed by atoms with Gasteiger partial charge in [0.15, 0.2) is 11.5 Å². The second kappa shape index (κ2) is 6.41. The fraction of sp³-hybridized carbons (Fsp3) is 0.286. The van der Waals surface area contributed by atoms with Crippen LogP contribution in [0.25, 0.3) is 0 Å². The minimum atomic E-state index is -0.907. The lowest BCUT2D eigenvalue weighted by atomic mass is 9.77. The molecule has 2 N–H and O–H groups in total. The van der Waals surface area contributed by atoms with Crippen LogP contribution in [0.4, 0.5) is 5.69 Å². The standard InChI is InChI=1S/C21H21NO4/c1-25-18-10-16-14-4-3-5-15(14)20(22-17(16)11-19(18)26-2)12-6-8-13(9-7-12)21(23)24/h3-4,6-11,14-15,20,22H,5H2,1-2H3,(H,23,24)/t14-,15+,20+/m1/s1. The SMILES string of the molecule is COc1cc2c(cc1OC)[C@@H]1C=CC[C@@H]1[C@H](c1ccc(C(=O)O)cc1)N2. The van der Waals surface area contributed by atoms with E-state index in [9.17, 15) is 4.79 Å². The van der Waals surface area contributed by atoms with E-state index >= 15 is 0 Å². The maximum absolute atomic E-state index is 11.1. The second-order valence-electron chi connectivity index (χ2n) is 6.70. The molecule has 0 radical (unpaired) electrons. The second-order valence-corrected chi connectivity index (χ2v) is 6.70. The fourth-order valence-electron chi connectivity index (χ4n) is 4.08. The van der Waals surface area contributed by atoms with E-state index in [1.54, 1.807) is 26.4 Å². The van der Waals surface area contributed by atoms with Crippen molar-refractivity contribution in [2.24, 2.45) is 5.92 Å². The molecule has 0 saturated heterocycles. The van der Waals surface area contributed by atoms with E-state index in [0.717, 1.165) is 23.4 Å². The molecular formula is C21H21NO4. The van der Waals surface area contributed by atoms with Gasteiger partial charge < -0.3 is 19.9 Å². The first kappa shape index (κ1) is 16.5. The molecule has 2 aromatic rings. The third-order valence-corrected chi connectivity index (χ3v) is 5.38. The normalized spacial score (nSPS) is 22.9. The van der Waals surface area contributed by atoms with Crippen LogP contribution in [0.3, 0.4) is 0 Å². The summed E-state index contributed by atoms with van der Waals surface area (Å²) in [6.07, 6.45) is 5.47. The predicted molar refractivity (Wildman–Crippen MR) is 99.3 cm³/mol. The molecule has 26 heavy (non-hydrogen) atoms. The molecule has 0 fully saturated rings. The molecule has 0 aromatic heterocycles. The zero-order chi connectivity index (χ0) is 18.3. The van der Waals surface area contributed by atoms with Crippen LogP contribution in [-0.4, -0.2) is 25.3 Å². The quantitative estimate of drug-likeness (QED) is 0.807. The highest BCUT2D eigenvalue weighted by Crippen LogP contribution is 2.52. The van der Waals surface area contributed by atoms with E-state index in [4.69, 9.17) is 14.6 Å². The Morgan fingerprint density at radius 2 is 1.81 bits per heavy atom. The van der Waals surface area contributed by atoms with Crippen molar-refractivity contribution in [3.05, 3.63) is 65.2 Å². The van der Waals surface area contributed by atoms with Crippen molar-refractivity contribution in [3.63, 3.8) is 0 Å². The number of ether oxygens (including phenoxy) is 2. The summed E-state index contributed by atoms with van der Waals surface area (Å²) >= 11 is 0. The number of fused-ring (bicyclic) bond motifs is 3. The third-order valence-electron chi connectivity index (χ3n) is 5.38. The van der Waals surface area contributed by atoms with Crippen molar-refractivity contribution < 1.29 is 19.4 Å². The van der Waals surface area contributed by atoms with Crippen LogP contribution in [0.2, 0.25) is 0 Å². The van der Waals surface area contributed by atoms with E-state index in [2.05, 4.69) is 23.5 Å². The summed E-state index contributed by atoms with van der Waals surface area (Å²) in [4.78, 5) is 11.1. The summed E-state index contributed by atoms with van der Waals surface area (Å²) in [6, 6.07) is 11.3. The van der Waals surface area contributed by atoms with Crippen LogP contribution in [0, 0.1) is 5.92 Å². The number of methoxy groups -OCH3 is 2. The van der Waals surface area contributed by atoms with E-state index in [0.29, 0.717) is 23.1 Å². The Bertz CT molecular complexity index is 872. The molecule has 4 rings (SSSR count). The van der Waals surface area contributed by atoms with Gasteiger partial charge in [-0.1, -0.05) is 24.3 Å². The summed E-state index contributed by atoms with van der Waals surface area (Å²) in [5, 5.41) is 12.8. The molecule has 1 aliphatic carbocycles. The highest BCUT2D eigenvalue weighted by atomic mass is 16.5. The molecule has 5 nitrogen and oxygen atoms in total. The van der Waals surface area contributed by atoms with Gasteiger partial charge in [-0.15, -0.1) is 0 Å². The van der Waals surface area contributed by atoms with E-state index < -0.39 is 5.97 Å². The van der Waals surface area contributed by atoms with Crippen molar-refractivity contribution in [1.29, 1.82) is 0 Å². The van der Waals surface area contributed by atoms with Crippen LogP contribution >= 0.6 is 0 Å². The maximum atomic E-state index is 11.1. The van der Waals surface area contributed by atoms with E-state index in [1.165, 1.54) is 5.56 Å². The highest BCUT2D eigenvalue weighted by Gasteiger charge is 2.38. The fourth-order valence-corrected chi connectivity index (χ4v) is 4.08. The molecule has 1 heterocycles. The molecule has 0 bridgehead atoms. The topological polar surface area (TPSA) is 67.8 Å². The van der Waals surface area contributed by atoms with Gasteiger partial charge in [0.25, 0.3) is 0 Å². The number of rotatable bonds is 4. The number of carbonyl (C=O) groups is 1. The van der Waals surface area contributed by atoms with Crippen molar-refractivity contribution in [3.8, 4) is 11.5 Å². The first-order valence-corrected chi connectivity index (χ1v) is 8.64. The van der Waals surface area contributed by atoms with Crippen LogP contribution in [-0.2, 0) is 0 Å². The monoisotopic (exact) mass is 351 g/mol. The Kier molecular flexibility index (Phi) is 4.07. The number of hydrogen-bond donors (Lipinski definition) is 2. The van der Waals surface area contributed by atoms with Gasteiger partial charge in [0.2, 0.25) is 0 Å². The van der Waals surface area contributed by atoms with Crippen molar-refractivity contribution in [2.45, 2.75) is 18.4 Å². The molecule has 0 unspecified atom stereocenters. The van der Waals surface area contributed by atoms with Crippen LogP contribution < -0.4 is 14.8 Å². The molecule has 2 aliphatic rings. The maximum Gasteiger partial charge on any atom is 0.335 e. The first-order valence-electron chi connectivity index (χ1n) is 8.64. The average molecular weight is 351 g/mol. The van der Waals surface area contributed by atoms with Gasteiger partial charge in [-0.3, -0.25) is 0 Å². The summed E-state index contributed by atoms with van der Waals surface area (Å²) < 4.78 is 10.9. The lowest BCUT2D eigenvalue weighted by Gasteiger charge is -2.38. The van der Waals surface area contributed by atoms with Gasteiger partial charge in [0.05, 0.1) is 25.8 Å². The average Bonchev–Trinajstić information content (AvgIpc) is 3.16. The largest absolute Gasteiger partial charge is 0.493 e. The first-order chi connectivity index (χ1) is 12.6. The van der Waals surface area contributed by atoms with Crippen molar-refractivity contribution >= 4 is 11.7 Å². The van der Waals surface area contributed by atoms with Gasteiger partial charge in [-0.05, 0) is 41.7 Å². The van der Waals surface area contributed by atoms with Crippen LogP contribution in [0.1, 0.15) is 39.9 Å². The molecule has 3 atom stereocenters. The number of hydrogen-bond acceptors (Lipinski definition) is 4. The van der Waals surface area contributed by atoms with E-state index in [1.807, 2.05) is 18.2 Å². The van der Waals surface area contributed by atoms with Gasteiger partial charge in [-0.25, -0.2) is 4.79 Å². The van der Waals surface area contributed by atoms with Gasteiger partial charge in [-0.2, -0.15) is 0 Å². The minimum Gasteiger partial charge on any atom is -0.493 e. The number of allylic oxidation sites excluding steroid dienone is 2. The molecule has 2 aromatic carbocycles. The Morgan fingerprint density at radius 1 is 1.12 bits per heavy atom. The lowest BCUT2D eigenvalue weighted by molar-refractivity contribution is 0.0697. The Labute approximate surface area is 152 Å². The number of benzene rings is 2. The van der Waals surface area contributed by atoms with E-state index in [-0.39, 0.29) is 6.04 Å². The predicted octanol–water partition coefficient (Wildman–Crippen LogP) is 4.23. The van der Waals surface area contributed by atoms with Gasteiger partial charge in [0.1, 0.15) is 0 Å². The van der Waals surface area contributed by atoms with Crippen molar-refractivity contribution in [1.82, 2.24) is 0 Å². The molecule has 0 spiro atoms. The molecule has 5 heteroatoms. The Morgan fingerprint density at radius 3 is 2.46 bits per heavy atom. The molecule has 1 aliphatic heterocycles. The molecule has 0 amide bonds. The minimum absolute atomic E-state index is 0.114. The van der Waals surface area contributed by atoms with Gasteiger partial charge >= 0.3 is 5.97 Å². The summed E-state index contributed by atoms with van der Waals surface area (Å²) in [7, 11) is 3.28. The highest BCUT2D eigenvalue weighted by molar-refractivity contribution is 5.87. The number of carboxylic acid groups (broad SMARTS) is 1. The van der Waals surface area contributed by atoms with Gasteiger partial charge in [0, 0.05) is 17.7 Å². The summed E-state index contributed by atoms with van der Waals surface area (Å²) in [6.45, 7) is 0. The number of nitrogens with one attached hydrogen (secondary N) is 1. The number of anilines is 1. The molecule has 0 saturated carbocycles. The Hall–Kier alpha value is -2.95. The number of aromatic carboxylic acids is 1. The zero-order valence-electron chi connectivity index (χ0n) is 14.7. The van der Waals surface area contributed by atoms with Crippen LogP contribution in [0.5, 0.6) is 11.5 Å². The lowest BCUT2D eigenvalue weighted by Crippen LogP contribution is -2.29. The van der Waals surface area contributed by atoms with Crippen LogP contribution in [0.15, 0.2) is 48.6 Å². The molecular weight excluding hydrogens is 330 g/mol. The Balaban J connectivity index is 1.75. The summed E-state index contributed by atoms with van der Waals surface area (Å²) in [5.74, 6) is 1.21.